The van der Waals surface area contributed by atoms with E-state index in [0.29, 0.717) is 17.5 Å². The van der Waals surface area contributed by atoms with Crippen LogP contribution in [0.2, 0.25) is 0 Å². The first-order chi connectivity index (χ1) is 28.3. The number of pyridine rings is 1. The quantitative estimate of drug-likeness (QED) is 0.181. The number of fused-ring (bicyclic) bond motifs is 13. The van der Waals surface area contributed by atoms with Crippen LogP contribution < -0.4 is 0 Å². The molecule has 4 nitrogen and oxygen atoms in total. The highest BCUT2D eigenvalue weighted by Crippen LogP contribution is 2.65. The van der Waals surface area contributed by atoms with Gasteiger partial charge in [-0.2, -0.15) is 0 Å². The van der Waals surface area contributed by atoms with Gasteiger partial charge in [-0.3, -0.25) is 0 Å². The topological polar surface area (TPSA) is 51.6 Å². The molecule has 0 saturated carbocycles. The van der Waals surface area contributed by atoms with Crippen molar-refractivity contribution in [2.45, 2.75) is 5.41 Å². The van der Waals surface area contributed by atoms with Gasteiger partial charge in [0.25, 0.3) is 0 Å². The van der Waals surface area contributed by atoms with Gasteiger partial charge in [-0.15, -0.1) is 0 Å². The molecule has 2 aliphatic carbocycles. The van der Waals surface area contributed by atoms with Gasteiger partial charge < -0.3 is 0 Å². The largest absolute Gasteiger partial charge is 0.247 e. The van der Waals surface area contributed by atoms with Gasteiger partial charge in [0.05, 0.1) is 16.6 Å². The second-order valence-electron chi connectivity index (χ2n) is 14.9. The Labute approximate surface area is 329 Å². The van der Waals surface area contributed by atoms with Crippen molar-refractivity contribution in [2.75, 3.05) is 0 Å². The molecule has 2 aliphatic rings. The number of hydrogen-bond acceptors (Lipinski definition) is 4. The third-order valence-electron chi connectivity index (χ3n) is 11.9. The van der Waals surface area contributed by atoms with E-state index in [1.54, 1.807) is 0 Å². The standard InChI is InChI=1S/C53H32N4/c1-2-16-34(17-3-1)50-55-51(57-52(56-50)38-30-29-33-15-4-5-18-35(33)31-38)37-20-14-19-36(32-37)49-47-41-23-8-12-27-45(41)53(48(47)42-24-9-13-28-46(42)54-49)43-25-10-6-21-39(43)40-22-7-11-26-44(40)53/h1-32H. The first-order valence-corrected chi connectivity index (χ1v) is 19.4. The summed E-state index contributed by atoms with van der Waals surface area (Å²) in [5.41, 5.74) is 15.4. The monoisotopic (exact) mass is 724 g/mol. The fourth-order valence-electron chi connectivity index (χ4n) is 9.51. The van der Waals surface area contributed by atoms with Gasteiger partial charge in [0, 0.05) is 33.2 Å². The zero-order valence-electron chi connectivity index (χ0n) is 30.8. The zero-order chi connectivity index (χ0) is 37.5. The summed E-state index contributed by atoms with van der Waals surface area (Å²) in [6.45, 7) is 0. The van der Waals surface area contributed by atoms with Crippen molar-refractivity contribution >= 4 is 21.7 Å². The Hall–Kier alpha value is -7.56. The predicted octanol–water partition coefficient (Wildman–Crippen LogP) is 12.6. The Kier molecular flexibility index (Phi) is 6.81. The lowest BCUT2D eigenvalue weighted by atomic mass is 9.69. The summed E-state index contributed by atoms with van der Waals surface area (Å²) in [6, 6.07) is 69.0. The molecule has 0 unspecified atom stereocenters. The Morgan fingerprint density at radius 2 is 0.860 bits per heavy atom. The maximum atomic E-state index is 5.52. The van der Waals surface area contributed by atoms with Crippen molar-refractivity contribution in [3.63, 3.8) is 0 Å². The van der Waals surface area contributed by atoms with E-state index in [0.717, 1.165) is 38.9 Å². The van der Waals surface area contributed by atoms with Crippen LogP contribution in [0.5, 0.6) is 0 Å². The van der Waals surface area contributed by atoms with Crippen LogP contribution >= 0.6 is 0 Å². The number of hydrogen-bond donors (Lipinski definition) is 0. The van der Waals surface area contributed by atoms with Crippen LogP contribution in [0.1, 0.15) is 22.3 Å². The van der Waals surface area contributed by atoms with Crippen molar-refractivity contribution in [3.05, 3.63) is 216 Å². The molecule has 0 fully saturated rings. The minimum absolute atomic E-state index is 0.498. The molecule has 4 heteroatoms. The maximum absolute atomic E-state index is 5.52. The summed E-state index contributed by atoms with van der Waals surface area (Å²) in [5.74, 6) is 1.88. The van der Waals surface area contributed by atoms with E-state index in [4.69, 9.17) is 19.9 Å². The maximum Gasteiger partial charge on any atom is 0.164 e. The van der Waals surface area contributed by atoms with Gasteiger partial charge in [-0.05, 0) is 67.9 Å². The number of aromatic nitrogens is 4. The van der Waals surface area contributed by atoms with Crippen LogP contribution in [0.3, 0.4) is 0 Å². The fraction of sp³-hybridized carbons (Fsp3) is 0.0189. The highest BCUT2D eigenvalue weighted by Gasteiger charge is 2.53. The summed E-state index contributed by atoms with van der Waals surface area (Å²) in [7, 11) is 0. The van der Waals surface area contributed by atoms with Crippen molar-refractivity contribution in [3.8, 4) is 67.7 Å². The van der Waals surface area contributed by atoms with Crippen LogP contribution in [0.4, 0.5) is 0 Å². The number of para-hydroxylation sites is 1. The molecule has 2 aromatic heterocycles. The minimum atomic E-state index is -0.498. The molecule has 264 valence electrons. The summed E-state index contributed by atoms with van der Waals surface area (Å²) in [4.78, 5) is 20.8. The van der Waals surface area contributed by atoms with Gasteiger partial charge in [-0.1, -0.05) is 176 Å². The van der Waals surface area contributed by atoms with Crippen molar-refractivity contribution in [1.29, 1.82) is 0 Å². The molecule has 12 rings (SSSR count). The van der Waals surface area contributed by atoms with Gasteiger partial charge >= 0.3 is 0 Å². The lowest BCUT2D eigenvalue weighted by molar-refractivity contribution is 0.801. The smallest absolute Gasteiger partial charge is 0.164 e. The third-order valence-corrected chi connectivity index (χ3v) is 11.9. The molecule has 0 bridgehead atoms. The van der Waals surface area contributed by atoms with Crippen LogP contribution in [0.25, 0.3) is 89.4 Å². The Morgan fingerprint density at radius 3 is 1.60 bits per heavy atom. The molecule has 2 heterocycles. The SMILES string of the molecule is c1ccc(-c2nc(-c3cccc(-c4nc5ccccc5c5c4-c4ccccc4C54c5ccccc5-c5ccccc54)c3)nc(-c3ccc4ccccc4c3)n2)cc1. The number of nitrogens with zero attached hydrogens (tertiary/aromatic N) is 4. The lowest BCUT2D eigenvalue weighted by Crippen LogP contribution is -2.26. The van der Waals surface area contributed by atoms with Crippen molar-refractivity contribution < 1.29 is 0 Å². The second kappa shape index (κ2) is 12.2. The van der Waals surface area contributed by atoms with Crippen LogP contribution in [0.15, 0.2) is 194 Å². The summed E-state index contributed by atoms with van der Waals surface area (Å²) in [5, 5.41) is 3.48. The molecule has 0 amide bonds. The van der Waals surface area contributed by atoms with E-state index in [2.05, 4.69) is 176 Å². The average Bonchev–Trinajstić information content (AvgIpc) is 3.77. The second-order valence-corrected chi connectivity index (χ2v) is 14.9. The molecule has 0 N–H and O–H groups in total. The van der Waals surface area contributed by atoms with E-state index < -0.39 is 5.41 Å². The predicted molar refractivity (Wildman–Crippen MR) is 231 cm³/mol. The summed E-state index contributed by atoms with van der Waals surface area (Å²) in [6.07, 6.45) is 0. The average molecular weight is 725 g/mol. The minimum Gasteiger partial charge on any atom is -0.247 e. The van der Waals surface area contributed by atoms with Crippen molar-refractivity contribution in [2.24, 2.45) is 0 Å². The molecule has 10 aromatic rings. The highest BCUT2D eigenvalue weighted by molar-refractivity contribution is 6.06. The molecule has 8 aromatic carbocycles. The molecule has 0 radical (unpaired) electrons. The van der Waals surface area contributed by atoms with E-state index >= 15 is 0 Å². The number of rotatable bonds is 4. The normalized spacial score (nSPS) is 13.1. The van der Waals surface area contributed by atoms with Gasteiger partial charge in [0.2, 0.25) is 0 Å². The highest BCUT2D eigenvalue weighted by atomic mass is 15.0. The van der Waals surface area contributed by atoms with E-state index in [9.17, 15) is 0 Å². The lowest BCUT2D eigenvalue weighted by Gasteiger charge is -2.31. The molecular formula is C53H32N4. The molecule has 0 saturated heterocycles. The molecule has 0 atom stereocenters. The molecule has 1 spiro atoms. The zero-order valence-corrected chi connectivity index (χ0v) is 30.8. The third kappa shape index (κ3) is 4.62. The van der Waals surface area contributed by atoms with Crippen LogP contribution in [-0.4, -0.2) is 19.9 Å². The Balaban J connectivity index is 1.11. The van der Waals surface area contributed by atoms with Crippen LogP contribution in [0, 0.1) is 0 Å². The molecule has 0 aliphatic heterocycles. The van der Waals surface area contributed by atoms with E-state index in [1.807, 2.05) is 18.2 Å². The van der Waals surface area contributed by atoms with Crippen LogP contribution in [-0.2, 0) is 5.41 Å². The van der Waals surface area contributed by atoms with Gasteiger partial charge in [-0.25, -0.2) is 19.9 Å². The van der Waals surface area contributed by atoms with Crippen molar-refractivity contribution in [1.82, 2.24) is 19.9 Å². The fourth-order valence-corrected chi connectivity index (χ4v) is 9.51. The van der Waals surface area contributed by atoms with E-state index in [-0.39, 0.29) is 0 Å². The first-order valence-electron chi connectivity index (χ1n) is 19.4. The van der Waals surface area contributed by atoms with E-state index in [1.165, 1.54) is 55.3 Å². The Bertz CT molecular complexity index is 3210. The summed E-state index contributed by atoms with van der Waals surface area (Å²) >= 11 is 0. The summed E-state index contributed by atoms with van der Waals surface area (Å²) < 4.78 is 0. The molecular weight excluding hydrogens is 693 g/mol. The first kappa shape index (κ1) is 31.8. The van der Waals surface area contributed by atoms with Gasteiger partial charge in [0.15, 0.2) is 17.5 Å². The van der Waals surface area contributed by atoms with Gasteiger partial charge in [0.1, 0.15) is 0 Å². The number of benzene rings is 8. The molecule has 57 heavy (non-hydrogen) atoms. The Morgan fingerprint density at radius 1 is 0.333 bits per heavy atom.